The molecule has 0 N–H and O–H groups in total. The minimum atomic E-state index is 0.246. The molecule has 1 atom stereocenters. The van der Waals surface area contributed by atoms with Gasteiger partial charge in [0.05, 0.1) is 12.7 Å². The van der Waals surface area contributed by atoms with Gasteiger partial charge in [0.25, 0.3) is 0 Å². The van der Waals surface area contributed by atoms with E-state index < -0.39 is 0 Å². The third-order valence-corrected chi connectivity index (χ3v) is 9.77. The number of ether oxygens (including phenoxy) is 2. The van der Waals surface area contributed by atoms with Crippen LogP contribution in [-0.2, 0) is 9.47 Å². The van der Waals surface area contributed by atoms with Crippen LogP contribution < -0.4 is 0 Å². The summed E-state index contributed by atoms with van der Waals surface area (Å²) in [5, 5.41) is 0. The predicted octanol–water partition coefficient (Wildman–Crippen LogP) is 13.6. The number of hydrogen-bond acceptors (Lipinski definition) is 3. The second-order valence-electron chi connectivity index (χ2n) is 14.5. The lowest BCUT2D eigenvalue weighted by Crippen LogP contribution is -2.35. The van der Waals surface area contributed by atoms with Crippen molar-refractivity contribution >= 4 is 0 Å². The van der Waals surface area contributed by atoms with Crippen LogP contribution in [0.3, 0.4) is 0 Å². The number of rotatable bonds is 37. The normalized spacial score (nSPS) is 14.8. The fourth-order valence-electron chi connectivity index (χ4n) is 6.67. The molecule has 1 heterocycles. The van der Waals surface area contributed by atoms with Gasteiger partial charge in [-0.2, -0.15) is 0 Å². The molecular formula is C43H83NO2. The molecule has 0 aromatic heterocycles. The fraction of sp³-hybridized carbons (Fsp3) is 0.907. The summed E-state index contributed by atoms with van der Waals surface area (Å²) in [5.74, 6) is 0. The molecule has 1 aliphatic rings. The average Bonchev–Trinajstić information content (AvgIpc) is 3.58. The number of allylic oxidation sites excluding steroid dienone is 4. The first-order valence-corrected chi connectivity index (χ1v) is 21.1. The van der Waals surface area contributed by atoms with Crippen LogP contribution in [0.5, 0.6) is 0 Å². The lowest BCUT2D eigenvalue weighted by atomic mass is 10.1. The summed E-state index contributed by atoms with van der Waals surface area (Å²) in [5.41, 5.74) is 0. The van der Waals surface area contributed by atoms with Gasteiger partial charge in [-0.25, -0.2) is 0 Å². The van der Waals surface area contributed by atoms with E-state index in [-0.39, 0.29) is 6.10 Å². The van der Waals surface area contributed by atoms with E-state index in [4.69, 9.17) is 9.47 Å². The molecule has 1 rings (SSSR count). The lowest BCUT2D eigenvalue weighted by Gasteiger charge is -2.24. The molecule has 0 amide bonds. The highest BCUT2D eigenvalue weighted by Crippen LogP contribution is 2.14. The van der Waals surface area contributed by atoms with Gasteiger partial charge in [-0.1, -0.05) is 154 Å². The van der Waals surface area contributed by atoms with Gasteiger partial charge in [0.2, 0.25) is 0 Å². The van der Waals surface area contributed by atoms with E-state index in [1.807, 2.05) is 0 Å². The van der Waals surface area contributed by atoms with Crippen LogP contribution in [0.1, 0.15) is 206 Å². The van der Waals surface area contributed by atoms with Gasteiger partial charge in [-0.05, 0) is 90.1 Å². The van der Waals surface area contributed by atoms with Gasteiger partial charge in [0, 0.05) is 19.8 Å². The van der Waals surface area contributed by atoms with Gasteiger partial charge in [0.15, 0.2) is 0 Å². The molecule has 1 unspecified atom stereocenters. The van der Waals surface area contributed by atoms with Crippen molar-refractivity contribution in [1.82, 2.24) is 4.90 Å². The summed E-state index contributed by atoms with van der Waals surface area (Å²) in [7, 11) is 0. The van der Waals surface area contributed by atoms with E-state index in [0.717, 1.165) is 26.4 Å². The van der Waals surface area contributed by atoms with Crippen LogP contribution in [-0.4, -0.2) is 50.5 Å². The van der Waals surface area contributed by atoms with E-state index in [0.29, 0.717) is 0 Å². The Hall–Kier alpha value is -0.640. The highest BCUT2D eigenvalue weighted by atomic mass is 16.5. The Morgan fingerprint density at radius 2 is 0.826 bits per heavy atom. The Balaban J connectivity index is 1.94. The summed E-state index contributed by atoms with van der Waals surface area (Å²) >= 11 is 0. The maximum atomic E-state index is 6.38. The molecule has 272 valence electrons. The van der Waals surface area contributed by atoms with E-state index in [1.165, 1.54) is 206 Å². The van der Waals surface area contributed by atoms with Crippen LogP contribution in [0.15, 0.2) is 24.3 Å². The maximum absolute atomic E-state index is 6.38. The maximum Gasteiger partial charge on any atom is 0.0934 e. The van der Waals surface area contributed by atoms with E-state index in [9.17, 15) is 0 Å². The van der Waals surface area contributed by atoms with Crippen LogP contribution in [0.25, 0.3) is 0 Å². The number of unbranched alkanes of at least 4 members (excludes halogenated alkanes) is 24. The Morgan fingerprint density at radius 3 is 1.26 bits per heavy atom. The zero-order valence-electron chi connectivity index (χ0n) is 31.6. The molecule has 0 spiro atoms. The fourth-order valence-corrected chi connectivity index (χ4v) is 6.67. The monoisotopic (exact) mass is 646 g/mol. The van der Waals surface area contributed by atoms with E-state index in [1.54, 1.807) is 0 Å². The molecule has 1 fully saturated rings. The predicted molar refractivity (Wildman–Crippen MR) is 205 cm³/mol. The SMILES string of the molecule is CCCCCCCC/C=C\CCCCCCCCOCC(CN1CCCC1)OCCCCCCCC/C=C/CCCCCCCC. The van der Waals surface area contributed by atoms with Crippen molar-refractivity contribution in [2.75, 3.05) is 39.5 Å². The van der Waals surface area contributed by atoms with Crippen LogP contribution in [0, 0.1) is 0 Å². The number of hydrogen-bond donors (Lipinski definition) is 0. The van der Waals surface area contributed by atoms with E-state index >= 15 is 0 Å². The highest BCUT2D eigenvalue weighted by molar-refractivity contribution is 4.82. The molecule has 1 aliphatic heterocycles. The van der Waals surface area contributed by atoms with Crippen LogP contribution in [0.2, 0.25) is 0 Å². The van der Waals surface area contributed by atoms with Crippen molar-refractivity contribution in [3.8, 4) is 0 Å². The van der Waals surface area contributed by atoms with Gasteiger partial charge in [-0.15, -0.1) is 0 Å². The summed E-state index contributed by atoms with van der Waals surface area (Å²) in [6.07, 6.45) is 50.5. The molecule has 3 heteroatoms. The van der Waals surface area contributed by atoms with Crippen molar-refractivity contribution in [1.29, 1.82) is 0 Å². The standard InChI is InChI=1S/C43H83NO2/c1-3-5-7-9-11-13-15-17-19-21-23-25-27-29-31-35-39-45-42-43(41-44-37-33-34-38-44)46-40-36-32-30-28-26-24-22-20-18-16-14-12-10-8-6-4-2/h17-20,43H,3-16,21-42H2,1-2H3/b19-17-,20-18+. The molecule has 0 aromatic rings. The molecule has 1 saturated heterocycles. The Morgan fingerprint density at radius 1 is 0.457 bits per heavy atom. The minimum absolute atomic E-state index is 0.246. The highest BCUT2D eigenvalue weighted by Gasteiger charge is 2.18. The third kappa shape index (κ3) is 31.9. The first kappa shape index (κ1) is 43.4. The smallest absolute Gasteiger partial charge is 0.0934 e. The first-order chi connectivity index (χ1) is 22.9. The summed E-state index contributed by atoms with van der Waals surface area (Å²) in [4.78, 5) is 2.58. The Bertz CT molecular complexity index is 626. The Labute approximate surface area is 290 Å². The van der Waals surface area contributed by atoms with Crippen molar-refractivity contribution in [3.63, 3.8) is 0 Å². The quantitative estimate of drug-likeness (QED) is 0.0495. The number of nitrogens with zero attached hydrogens (tertiary/aromatic N) is 1. The molecule has 3 nitrogen and oxygen atoms in total. The molecule has 46 heavy (non-hydrogen) atoms. The van der Waals surface area contributed by atoms with Gasteiger partial charge < -0.3 is 14.4 Å². The minimum Gasteiger partial charge on any atom is -0.379 e. The number of likely N-dealkylation sites (tertiary alicyclic amines) is 1. The van der Waals surface area contributed by atoms with Crippen molar-refractivity contribution in [3.05, 3.63) is 24.3 Å². The second-order valence-corrected chi connectivity index (χ2v) is 14.5. The van der Waals surface area contributed by atoms with Crippen molar-refractivity contribution < 1.29 is 9.47 Å². The first-order valence-electron chi connectivity index (χ1n) is 21.1. The Kier molecular flexibility index (Phi) is 35.1. The molecule has 0 bridgehead atoms. The average molecular weight is 646 g/mol. The zero-order valence-corrected chi connectivity index (χ0v) is 31.6. The van der Waals surface area contributed by atoms with Gasteiger partial charge >= 0.3 is 0 Å². The summed E-state index contributed by atoms with van der Waals surface area (Å²) in [6, 6.07) is 0. The summed E-state index contributed by atoms with van der Waals surface area (Å²) < 4.78 is 12.5. The zero-order chi connectivity index (χ0) is 32.9. The molecule has 0 radical (unpaired) electrons. The largest absolute Gasteiger partial charge is 0.379 e. The van der Waals surface area contributed by atoms with Crippen LogP contribution >= 0.6 is 0 Å². The van der Waals surface area contributed by atoms with Gasteiger partial charge in [-0.3, -0.25) is 0 Å². The van der Waals surface area contributed by atoms with Crippen molar-refractivity contribution in [2.45, 2.75) is 213 Å². The molecule has 0 aromatic carbocycles. The topological polar surface area (TPSA) is 21.7 Å². The molecule has 0 saturated carbocycles. The molecule has 0 aliphatic carbocycles. The van der Waals surface area contributed by atoms with Crippen LogP contribution in [0.4, 0.5) is 0 Å². The lowest BCUT2D eigenvalue weighted by molar-refractivity contribution is -0.0316. The third-order valence-electron chi connectivity index (χ3n) is 9.77. The molecular weight excluding hydrogens is 562 g/mol. The second kappa shape index (κ2) is 37.2. The summed E-state index contributed by atoms with van der Waals surface area (Å²) in [6.45, 7) is 10.7. The van der Waals surface area contributed by atoms with E-state index in [2.05, 4.69) is 43.1 Å². The van der Waals surface area contributed by atoms with Gasteiger partial charge in [0.1, 0.15) is 0 Å². The van der Waals surface area contributed by atoms with Crippen molar-refractivity contribution in [2.24, 2.45) is 0 Å².